The van der Waals surface area contributed by atoms with Gasteiger partial charge in [-0.25, -0.2) is 4.68 Å². The van der Waals surface area contributed by atoms with Gasteiger partial charge in [0.15, 0.2) is 5.82 Å². The molecule has 1 aromatic heterocycles. The lowest BCUT2D eigenvalue weighted by Crippen LogP contribution is -2.23. The molecule has 7 heteroatoms. The van der Waals surface area contributed by atoms with E-state index in [0.29, 0.717) is 11.8 Å². The van der Waals surface area contributed by atoms with Crippen molar-refractivity contribution >= 4 is 34.2 Å². The van der Waals surface area contributed by atoms with Gasteiger partial charge >= 0.3 is 0 Å². The monoisotopic (exact) mass is 397 g/mol. The molecule has 5 rings (SSSR count). The molecule has 0 radical (unpaired) electrons. The molecule has 2 amide bonds. The van der Waals surface area contributed by atoms with Crippen LogP contribution in [-0.2, 0) is 9.59 Å². The minimum absolute atomic E-state index is 0.0290. The number of nitrogens with one attached hydrogen (secondary N) is 2. The average molecular weight is 397 g/mol. The van der Waals surface area contributed by atoms with Crippen molar-refractivity contribution in [2.45, 2.75) is 19.4 Å². The van der Waals surface area contributed by atoms with E-state index in [2.05, 4.69) is 20.7 Å². The fraction of sp³-hybridized carbons (Fsp3) is 0.130. The lowest BCUT2D eigenvalue weighted by atomic mass is 10.1. The highest BCUT2D eigenvalue weighted by molar-refractivity contribution is 6.05. The molecular formula is C23H19N5O2. The molecule has 1 aliphatic heterocycles. The van der Waals surface area contributed by atoms with Crippen LogP contribution < -0.4 is 10.6 Å². The van der Waals surface area contributed by atoms with Gasteiger partial charge in [0, 0.05) is 16.6 Å². The Morgan fingerprint density at radius 1 is 1.07 bits per heavy atom. The molecule has 1 atom stereocenters. The summed E-state index contributed by atoms with van der Waals surface area (Å²) < 4.78 is 1.50. The zero-order chi connectivity index (χ0) is 20.7. The predicted octanol–water partition coefficient (Wildman–Crippen LogP) is 3.93. The zero-order valence-electron chi connectivity index (χ0n) is 16.3. The third kappa shape index (κ3) is 3.20. The van der Waals surface area contributed by atoms with Gasteiger partial charge in [-0.2, -0.15) is 4.98 Å². The van der Waals surface area contributed by atoms with Gasteiger partial charge < -0.3 is 5.32 Å². The number of hydrogen-bond acceptors (Lipinski definition) is 4. The molecule has 3 aromatic carbocycles. The van der Waals surface area contributed by atoms with E-state index in [4.69, 9.17) is 0 Å². The van der Waals surface area contributed by atoms with Crippen LogP contribution in [0.1, 0.15) is 18.0 Å². The number of nitrogens with zero attached hydrogens (tertiary/aromatic N) is 3. The lowest BCUT2D eigenvalue weighted by molar-refractivity contribution is -0.123. The molecule has 2 N–H and O–H groups in total. The van der Waals surface area contributed by atoms with Crippen LogP contribution in [0.15, 0.2) is 66.7 Å². The Morgan fingerprint density at radius 3 is 2.67 bits per heavy atom. The molecule has 4 aromatic rings. The number of amides is 2. The highest BCUT2D eigenvalue weighted by Gasteiger charge is 2.35. The zero-order valence-corrected chi connectivity index (χ0v) is 16.3. The predicted molar refractivity (Wildman–Crippen MR) is 115 cm³/mol. The van der Waals surface area contributed by atoms with E-state index in [9.17, 15) is 9.59 Å². The first-order valence-corrected chi connectivity index (χ1v) is 9.70. The normalized spacial score (nSPS) is 15.1. The molecule has 30 heavy (non-hydrogen) atoms. The molecule has 0 saturated heterocycles. The number of hydrogen-bond donors (Lipinski definition) is 2. The summed E-state index contributed by atoms with van der Waals surface area (Å²) in [6.45, 7) is 2.01. The third-order valence-electron chi connectivity index (χ3n) is 5.22. The number of carbonyl (C=O) groups excluding carboxylic acids is 2. The van der Waals surface area contributed by atoms with Crippen LogP contribution in [-0.4, -0.2) is 26.6 Å². The van der Waals surface area contributed by atoms with Gasteiger partial charge in [0.2, 0.25) is 11.9 Å². The van der Waals surface area contributed by atoms with Gasteiger partial charge in [0.25, 0.3) is 5.91 Å². The fourth-order valence-corrected chi connectivity index (χ4v) is 3.65. The van der Waals surface area contributed by atoms with Crippen molar-refractivity contribution in [1.82, 2.24) is 14.8 Å². The molecule has 148 valence electrons. The smallest absolute Gasteiger partial charge is 0.252 e. The van der Waals surface area contributed by atoms with Crippen LogP contribution in [0.5, 0.6) is 0 Å². The summed E-state index contributed by atoms with van der Waals surface area (Å²) in [6.07, 6.45) is -0.0290. The number of carbonyl (C=O) groups is 2. The maximum absolute atomic E-state index is 12.7. The summed E-state index contributed by atoms with van der Waals surface area (Å²) in [4.78, 5) is 29.5. The quantitative estimate of drug-likeness (QED) is 0.546. The van der Waals surface area contributed by atoms with Crippen molar-refractivity contribution in [1.29, 1.82) is 0 Å². The molecule has 0 spiro atoms. The summed E-state index contributed by atoms with van der Waals surface area (Å²) in [5, 5.41) is 12.1. The Hall–Kier alpha value is -4.00. The fourth-order valence-electron chi connectivity index (χ4n) is 3.65. The first-order valence-electron chi connectivity index (χ1n) is 9.70. The summed E-state index contributed by atoms with van der Waals surface area (Å²) in [7, 11) is 0. The summed E-state index contributed by atoms with van der Waals surface area (Å²) in [6, 6.07) is 20.7. The molecule has 0 bridgehead atoms. The third-order valence-corrected chi connectivity index (χ3v) is 5.22. The van der Waals surface area contributed by atoms with E-state index < -0.39 is 6.04 Å². The van der Waals surface area contributed by atoms with Gasteiger partial charge in [0.1, 0.15) is 6.04 Å². The highest BCUT2D eigenvalue weighted by atomic mass is 16.2. The highest BCUT2D eigenvalue weighted by Crippen LogP contribution is 2.29. The topological polar surface area (TPSA) is 88.9 Å². The molecule has 2 heterocycles. The molecule has 0 aliphatic carbocycles. The average Bonchev–Trinajstić information content (AvgIpc) is 3.27. The molecule has 0 unspecified atom stereocenters. The number of benzene rings is 3. The second-order valence-corrected chi connectivity index (χ2v) is 7.35. The number of aryl methyl sites for hydroxylation is 1. The van der Waals surface area contributed by atoms with Crippen LogP contribution in [0, 0.1) is 6.92 Å². The second-order valence-electron chi connectivity index (χ2n) is 7.35. The Kier molecular flexibility index (Phi) is 4.28. The van der Waals surface area contributed by atoms with Gasteiger partial charge in [0.05, 0.1) is 6.42 Å². The SMILES string of the molecule is Cc1ccc(-c2nc3n(n2)[C@@H](CC(=O)Nc2cccc4ccccc24)C(=O)N3)cc1. The van der Waals surface area contributed by atoms with Gasteiger partial charge in [-0.3, -0.25) is 14.9 Å². The second kappa shape index (κ2) is 7.11. The van der Waals surface area contributed by atoms with Crippen molar-refractivity contribution < 1.29 is 9.59 Å². The maximum atomic E-state index is 12.7. The molecular weight excluding hydrogens is 378 g/mol. The van der Waals surface area contributed by atoms with Crippen molar-refractivity contribution in [3.05, 3.63) is 72.3 Å². The Labute approximate surface area is 172 Å². The Bertz CT molecular complexity index is 1270. The number of rotatable bonds is 4. The van der Waals surface area contributed by atoms with E-state index in [-0.39, 0.29) is 18.2 Å². The van der Waals surface area contributed by atoms with E-state index >= 15 is 0 Å². The Morgan fingerprint density at radius 2 is 1.83 bits per heavy atom. The summed E-state index contributed by atoms with van der Waals surface area (Å²) in [5.41, 5.74) is 2.72. The van der Waals surface area contributed by atoms with Crippen molar-refractivity contribution in [3.63, 3.8) is 0 Å². The molecule has 0 fully saturated rings. The van der Waals surface area contributed by atoms with Gasteiger partial charge in [-0.15, -0.1) is 5.10 Å². The molecule has 7 nitrogen and oxygen atoms in total. The van der Waals surface area contributed by atoms with Crippen LogP contribution in [0.2, 0.25) is 0 Å². The number of aromatic nitrogens is 3. The van der Waals surface area contributed by atoms with Crippen molar-refractivity contribution in [2.24, 2.45) is 0 Å². The lowest BCUT2D eigenvalue weighted by Gasteiger charge is -2.11. The van der Waals surface area contributed by atoms with Crippen LogP contribution in [0.3, 0.4) is 0 Å². The largest absolute Gasteiger partial charge is 0.325 e. The van der Waals surface area contributed by atoms with E-state index in [1.807, 2.05) is 73.7 Å². The molecule has 0 saturated carbocycles. The van der Waals surface area contributed by atoms with Crippen molar-refractivity contribution in [3.8, 4) is 11.4 Å². The molecule has 1 aliphatic rings. The van der Waals surface area contributed by atoms with Crippen molar-refractivity contribution in [2.75, 3.05) is 10.6 Å². The number of anilines is 2. The Balaban J connectivity index is 1.37. The number of fused-ring (bicyclic) bond motifs is 2. The summed E-state index contributed by atoms with van der Waals surface area (Å²) >= 11 is 0. The van der Waals surface area contributed by atoms with E-state index in [1.165, 1.54) is 4.68 Å². The standard InChI is InChI=1S/C23H19N5O2/c1-14-9-11-16(12-10-14)21-25-23-26-22(30)19(28(23)27-21)13-20(29)24-18-8-4-6-15-5-2-3-7-17(15)18/h2-12,19H,13H2,1H3,(H,24,29)(H,25,26,27,30)/t19-/m0/s1. The van der Waals surface area contributed by atoms with Gasteiger partial charge in [-0.05, 0) is 18.4 Å². The maximum Gasteiger partial charge on any atom is 0.252 e. The first kappa shape index (κ1) is 18.1. The van der Waals surface area contributed by atoms with Crippen LogP contribution >= 0.6 is 0 Å². The van der Waals surface area contributed by atoms with Crippen LogP contribution in [0.4, 0.5) is 11.6 Å². The first-order chi connectivity index (χ1) is 14.6. The van der Waals surface area contributed by atoms with E-state index in [1.54, 1.807) is 0 Å². The van der Waals surface area contributed by atoms with Crippen LogP contribution in [0.25, 0.3) is 22.2 Å². The minimum Gasteiger partial charge on any atom is -0.325 e. The van der Waals surface area contributed by atoms with Gasteiger partial charge in [-0.1, -0.05) is 66.2 Å². The van der Waals surface area contributed by atoms with E-state index in [0.717, 1.165) is 27.6 Å². The minimum atomic E-state index is -0.735. The summed E-state index contributed by atoms with van der Waals surface area (Å²) in [5.74, 6) is 0.336.